The highest BCUT2D eigenvalue weighted by atomic mass is 32.2. The van der Waals surface area contributed by atoms with E-state index in [1.54, 1.807) is 12.4 Å². The molecule has 1 atom stereocenters. The topological polar surface area (TPSA) is 85.2 Å². The Morgan fingerprint density at radius 3 is 2.90 bits per heavy atom. The zero-order chi connectivity index (χ0) is 21.5. The molecular formula is C22H26N6O2S. The number of benzene rings is 1. The summed E-state index contributed by atoms with van der Waals surface area (Å²) in [5.74, 6) is 0.962. The average Bonchev–Trinajstić information content (AvgIpc) is 3.18. The van der Waals surface area contributed by atoms with Crippen molar-refractivity contribution in [2.24, 2.45) is 7.05 Å². The molecule has 0 saturated carbocycles. The number of carbonyl (C=O) groups is 1. The van der Waals surface area contributed by atoms with Gasteiger partial charge in [0.25, 0.3) is 0 Å². The lowest BCUT2D eigenvalue weighted by atomic mass is 10.2. The van der Waals surface area contributed by atoms with Crippen LogP contribution in [-0.4, -0.2) is 68.7 Å². The maximum Gasteiger partial charge on any atom is 0.230 e. The SMILES string of the molecule is Cn1c(SCC(=O)NC[C@H]2CN(Cc3ccccc3)CCO2)nnc1-c1cccnc1. The molecule has 4 rings (SSSR count). The molecule has 1 aliphatic rings. The molecule has 1 saturated heterocycles. The second-order valence-corrected chi connectivity index (χ2v) is 8.36. The van der Waals surface area contributed by atoms with Gasteiger partial charge in [-0.05, 0) is 17.7 Å². The zero-order valence-corrected chi connectivity index (χ0v) is 18.3. The van der Waals surface area contributed by atoms with Gasteiger partial charge in [0.05, 0.1) is 18.5 Å². The molecule has 162 valence electrons. The molecule has 31 heavy (non-hydrogen) atoms. The monoisotopic (exact) mass is 438 g/mol. The van der Waals surface area contributed by atoms with Gasteiger partial charge < -0.3 is 14.6 Å². The molecule has 0 unspecified atom stereocenters. The molecule has 0 radical (unpaired) electrons. The van der Waals surface area contributed by atoms with Crippen LogP contribution >= 0.6 is 11.8 Å². The van der Waals surface area contributed by atoms with Gasteiger partial charge in [0.15, 0.2) is 11.0 Å². The predicted molar refractivity (Wildman–Crippen MR) is 119 cm³/mol. The normalized spacial score (nSPS) is 16.9. The molecule has 9 heteroatoms. The average molecular weight is 439 g/mol. The van der Waals surface area contributed by atoms with Crippen molar-refractivity contribution >= 4 is 17.7 Å². The lowest BCUT2D eigenvalue weighted by molar-refractivity contribution is -0.119. The van der Waals surface area contributed by atoms with Crippen molar-refractivity contribution < 1.29 is 9.53 Å². The maximum atomic E-state index is 12.4. The van der Waals surface area contributed by atoms with E-state index in [0.717, 1.165) is 31.0 Å². The fourth-order valence-corrected chi connectivity index (χ4v) is 4.23. The molecule has 3 aromatic rings. The molecule has 1 aromatic carbocycles. The van der Waals surface area contributed by atoms with Crippen molar-refractivity contribution in [2.45, 2.75) is 17.8 Å². The van der Waals surface area contributed by atoms with Crippen LogP contribution in [0.5, 0.6) is 0 Å². The highest BCUT2D eigenvalue weighted by Gasteiger charge is 2.21. The Balaban J connectivity index is 1.22. The van der Waals surface area contributed by atoms with Crippen LogP contribution in [0.1, 0.15) is 5.56 Å². The summed E-state index contributed by atoms with van der Waals surface area (Å²) >= 11 is 1.37. The Kier molecular flexibility index (Phi) is 7.29. The quantitative estimate of drug-likeness (QED) is 0.538. The summed E-state index contributed by atoms with van der Waals surface area (Å²) in [7, 11) is 1.89. The third-order valence-electron chi connectivity index (χ3n) is 5.09. The van der Waals surface area contributed by atoms with Crippen LogP contribution in [0, 0.1) is 0 Å². The summed E-state index contributed by atoms with van der Waals surface area (Å²) in [6.45, 7) is 3.79. The summed E-state index contributed by atoms with van der Waals surface area (Å²) in [6.07, 6.45) is 3.46. The minimum Gasteiger partial charge on any atom is -0.374 e. The Labute approximate surface area is 186 Å². The first-order chi connectivity index (χ1) is 15.2. The van der Waals surface area contributed by atoms with Gasteiger partial charge in [-0.2, -0.15) is 0 Å². The van der Waals surface area contributed by atoms with Crippen molar-refractivity contribution in [1.82, 2.24) is 30.0 Å². The molecule has 1 N–H and O–H groups in total. The first-order valence-corrected chi connectivity index (χ1v) is 11.2. The van der Waals surface area contributed by atoms with Gasteiger partial charge in [0, 0.05) is 51.2 Å². The maximum absolute atomic E-state index is 12.4. The molecule has 1 amide bonds. The lowest BCUT2D eigenvalue weighted by Crippen LogP contribution is -2.47. The van der Waals surface area contributed by atoms with E-state index in [2.05, 4.69) is 49.7 Å². The number of carbonyl (C=O) groups excluding carboxylic acids is 1. The molecular weight excluding hydrogens is 412 g/mol. The van der Waals surface area contributed by atoms with Crippen LogP contribution < -0.4 is 5.32 Å². The first kappa shape index (κ1) is 21.5. The van der Waals surface area contributed by atoms with Crippen LogP contribution in [0.3, 0.4) is 0 Å². The van der Waals surface area contributed by atoms with Crippen molar-refractivity contribution in [3.8, 4) is 11.4 Å². The summed E-state index contributed by atoms with van der Waals surface area (Å²) < 4.78 is 7.71. The number of rotatable bonds is 8. The number of aromatic nitrogens is 4. The number of pyridine rings is 1. The molecule has 8 nitrogen and oxygen atoms in total. The molecule has 2 aromatic heterocycles. The lowest BCUT2D eigenvalue weighted by Gasteiger charge is -2.33. The summed E-state index contributed by atoms with van der Waals surface area (Å²) in [5, 5.41) is 12.1. The van der Waals surface area contributed by atoms with Crippen LogP contribution in [-0.2, 0) is 23.1 Å². The Hall–Kier alpha value is -2.75. The van der Waals surface area contributed by atoms with E-state index in [9.17, 15) is 4.79 Å². The van der Waals surface area contributed by atoms with E-state index in [1.807, 2.05) is 29.8 Å². The number of hydrogen-bond donors (Lipinski definition) is 1. The largest absolute Gasteiger partial charge is 0.374 e. The van der Waals surface area contributed by atoms with Gasteiger partial charge in [-0.3, -0.25) is 14.7 Å². The van der Waals surface area contributed by atoms with E-state index in [0.29, 0.717) is 18.3 Å². The fourth-order valence-electron chi connectivity index (χ4n) is 3.48. The Bertz CT molecular complexity index is 982. The number of nitrogens with zero attached hydrogens (tertiary/aromatic N) is 5. The highest BCUT2D eigenvalue weighted by molar-refractivity contribution is 7.99. The fraction of sp³-hybridized carbons (Fsp3) is 0.364. The highest BCUT2D eigenvalue weighted by Crippen LogP contribution is 2.21. The molecule has 3 heterocycles. The minimum atomic E-state index is -0.0419. The third-order valence-corrected chi connectivity index (χ3v) is 6.11. The van der Waals surface area contributed by atoms with Crippen molar-refractivity contribution in [3.63, 3.8) is 0 Å². The van der Waals surface area contributed by atoms with Crippen molar-refractivity contribution in [3.05, 3.63) is 60.4 Å². The van der Waals surface area contributed by atoms with Gasteiger partial charge in [-0.25, -0.2) is 0 Å². The summed E-state index contributed by atoms with van der Waals surface area (Å²) in [6, 6.07) is 14.2. The van der Waals surface area contributed by atoms with Gasteiger partial charge in [-0.1, -0.05) is 42.1 Å². The second-order valence-electron chi connectivity index (χ2n) is 7.41. The van der Waals surface area contributed by atoms with Crippen LogP contribution in [0.2, 0.25) is 0 Å². The van der Waals surface area contributed by atoms with Gasteiger partial charge in [-0.15, -0.1) is 10.2 Å². The smallest absolute Gasteiger partial charge is 0.230 e. The number of morpholine rings is 1. The van der Waals surface area contributed by atoms with E-state index >= 15 is 0 Å². The van der Waals surface area contributed by atoms with Crippen molar-refractivity contribution in [2.75, 3.05) is 32.0 Å². The predicted octanol–water partition coefficient (Wildman–Crippen LogP) is 1.99. The second kappa shape index (κ2) is 10.5. The molecule has 1 aliphatic heterocycles. The molecule has 0 aliphatic carbocycles. The van der Waals surface area contributed by atoms with Crippen molar-refractivity contribution in [1.29, 1.82) is 0 Å². The molecule has 0 bridgehead atoms. The van der Waals surface area contributed by atoms with Crippen LogP contribution in [0.4, 0.5) is 0 Å². The Morgan fingerprint density at radius 2 is 2.10 bits per heavy atom. The Morgan fingerprint density at radius 1 is 1.23 bits per heavy atom. The standard InChI is InChI=1S/C22H26N6O2S/c1-27-21(18-8-5-9-23-12-18)25-26-22(27)31-16-20(29)24-13-19-15-28(10-11-30-19)14-17-6-3-2-4-7-17/h2-9,12,19H,10-11,13-16H2,1H3,(H,24,29)/t19-/m0/s1. The number of ether oxygens (including phenoxy) is 1. The first-order valence-electron chi connectivity index (χ1n) is 10.3. The van der Waals surface area contributed by atoms with Gasteiger partial charge in [0.1, 0.15) is 0 Å². The van der Waals surface area contributed by atoms with Gasteiger partial charge >= 0.3 is 0 Å². The number of amides is 1. The molecule has 1 fully saturated rings. The summed E-state index contributed by atoms with van der Waals surface area (Å²) in [4.78, 5) is 18.8. The third kappa shape index (κ3) is 5.90. The zero-order valence-electron chi connectivity index (χ0n) is 17.5. The van der Waals surface area contributed by atoms with E-state index in [1.165, 1.54) is 17.3 Å². The number of thioether (sulfide) groups is 1. The van der Waals surface area contributed by atoms with E-state index < -0.39 is 0 Å². The number of nitrogens with one attached hydrogen (secondary N) is 1. The molecule has 0 spiro atoms. The van der Waals surface area contributed by atoms with Crippen LogP contribution in [0.25, 0.3) is 11.4 Å². The summed E-state index contributed by atoms with van der Waals surface area (Å²) in [5.41, 5.74) is 2.18. The van der Waals surface area contributed by atoms with Gasteiger partial charge in [0.2, 0.25) is 5.91 Å². The van der Waals surface area contributed by atoms with E-state index in [-0.39, 0.29) is 17.8 Å². The minimum absolute atomic E-state index is 0.00146. The van der Waals surface area contributed by atoms with E-state index in [4.69, 9.17) is 4.74 Å². The van der Waals surface area contributed by atoms with Crippen LogP contribution in [0.15, 0.2) is 60.0 Å². The number of hydrogen-bond acceptors (Lipinski definition) is 7.